The third-order valence-corrected chi connectivity index (χ3v) is 8.69. The van der Waals surface area contributed by atoms with Crippen molar-refractivity contribution in [1.29, 1.82) is 0 Å². The van der Waals surface area contributed by atoms with E-state index in [9.17, 15) is 19.2 Å². The maximum atomic E-state index is 14.6. The summed E-state index contributed by atoms with van der Waals surface area (Å²) >= 11 is 0. The maximum Gasteiger partial charge on any atom is 0.230 e. The summed E-state index contributed by atoms with van der Waals surface area (Å²) in [5, 5.41) is 3.01. The van der Waals surface area contributed by atoms with E-state index in [1.165, 1.54) is 6.92 Å². The first-order valence-electron chi connectivity index (χ1n) is 15.6. The van der Waals surface area contributed by atoms with Crippen molar-refractivity contribution in [2.75, 3.05) is 53.5 Å². The molecular weight excluding hydrogens is 560 g/mol. The Labute approximate surface area is 260 Å². The van der Waals surface area contributed by atoms with Crippen molar-refractivity contribution in [3.8, 4) is 11.5 Å². The van der Waals surface area contributed by atoms with Gasteiger partial charge < -0.3 is 29.5 Å². The zero-order valence-electron chi connectivity index (χ0n) is 26.5. The zero-order chi connectivity index (χ0) is 31.6. The Kier molecular flexibility index (Phi) is 11.6. The molecule has 0 radical (unpaired) electrons. The number of rotatable bonds is 4. The van der Waals surface area contributed by atoms with Gasteiger partial charge >= 0.3 is 0 Å². The predicted octanol–water partition coefficient (Wildman–Crippen LogP) is 3.69. The number of amides is 4. The molecule has 44 heavy (non-hydrogen) atoms. The Morgan fingerprint density at radius 2 is 1.55 bits per heavy atom. The number of carbonyl (C=O) groups excluding carboxylic acids is 4. The molecule has 2 aromatic carbocycles. The van der Waals surface area contributed by atoms with E-state index < -0.39 is 12.0 Å². The second kappa shape index (κ2) is 15.6. The van der Waals surface area contributed by atoms with E-state index in [-0.39, 0.29) is 30.0 Å². The van der Waals surface area contributed by atoms with Crippen LogP contribution >= 0.6 is 0 Å². The minimum absolute atomic E-state index is 0.0124. The number of benzene rings is 2. The van der Waals surface area contributed by atoms with E-state index in [4.69, 9.17) is 9.47 Å². The maximum absolute atomic E-state index is 14.6. The molecule has 4 bridgehead atoms. The van der Waals surface area contributed by atoms with Gasteiger partial charge in [-0.25, -0.2) is 0 Å². The summed E-state index contributed by atoms with van der Waals surface area (Å²) in [6, 6.07) is 12.8. The smallest absolute Gasteiger partial charge is 0.230 e. The fourth-order valence-electron chi connectivity index (χ4n) is 6.26. The largest absolute Gasteiger partial charge is 0.497 e. The first-order chi connectivity index (χ1) is 21.2. The lowest BCUT2D eigenvalue weighted by Gasteiger charge is -2.33. The molecule has 0 aromatic heterocycles. The summed E-state index contributed by atoms with van der Waals surface area (Å²) in [6.45, 7) is 6.02. The molecule has 0 aliphatic carbocycles. The van der Waals surface area contributed by atoms with Gasteiger partial charge in [0.15, 0.2) is 0 Å². The number of methoxy groups -OCH3 is 2. The lowest BCUT2D eigenvalue weighted by molar-refractivity contribution is -0.134. The third-order valence-electron chi connectivity index (χ3n) is 8.69. The molecule has 2 heterocycles. The molecular formula is C34H46N4O6. The molecule has 10 nitrogen and oxygen atoms in total. The molecule has 2 aliphatic rings. The number of carbonyl (C=O) groups is 4. The van der Waals surface area contributed by atoms with E-state index in [2.05, 4.69) is 5.32 Å². The van der Waals surface area contributed by atoms with Gasteiger partial charge in [0, 0.05) is 58.7 Å². The van der Waals surface area contributed by atoms with Gasteiger partial charge in [-0.1, -0.05) is 18.2 Å². The Bertz CT molecular complexity index is 1310. The molecule has 10 heteroatoms. The minimum Gasteiger partial charge on any atom is -0.497 e. The van der Waals surface area contributed by atoms with Gasteiger partial charge in [-0.2, -0.15) is 0 Å². The van der Waals surface area contributed by atoms with Crippen LogP contribution in [-0.2, 0) is 25.6 Å². The molecule has 2 aliphatic heterocycles. The molecule has 4 rings (SSSR count). The SMILES string of the molecule is COc1ccc(CC2C(=O)N3CCCCN(C(C)=O)CCCN(C(C)=O)C(CC(=O)NCCC3)c3ccc(OC)c2c3)cc1. The van der Waals surface area contributed by atoms with Gasteiger partial charge in [-0.05, 0) is 67.5 Å². The fourth-order valence-corrected chi connectivity index (χ4v) is 6.26. The van der Waals surface area contributed by atoms with Crippen LogP contribution in [0.3, 0.4) is 0 Å². The lowest BCUT2D eigenvalue weighted by atomic mass is 9.87. The van der Waals surface area contributed by atoms with Crippen LogP contribution in [0, 0.1) is 0 Å². The van der Waals surface area contributed by atoms with Crippen LogP contribution in [0.4, 0.5) is 0 Å². The van der Waals surface area contributed by atoms with Crippen LogP contribution in [0.5, 0.6) is 11.5 Å². The highest BCUT2D eigenvalue weighted by atomic mass is 16.5. The van der Waals surface area contributed by atoms with E-state index in [1.54, 1.807) is 26.0 Å². The molecule has 0 saturated heterocycles. The molecule has 238 valence electrons. The molecule has 4 amide bonds. The fraction of sp³-hybridized carbons (Fsp3) is 0.529. The van der Waals surface area contributed by atoms with Gasteiger partial charge in [0.2, 0.25) is 23.6 Å². The predicted molar refractivity (Wildman–Crippen MR) is 167 cm³/mol. The van der Waals surface area contributed by atoms with Gasteiger partial charge in [-0.3, -0.25) is 19.2 Å². The number of ether oxygens (including phenoxy) is 2. The summed E-state index contributed by atoms with van der Waals surface area (Å²) in [6.07, 6.45) is 3.20. The molecule has 0 fully saturated rings. The molecule has 0 saturated carbocycles. The van der Waals surface area contributed by atoms with Gasteiger partial charge in [-0.15, -0.1) is 0 Å². The summed E-state index contributed by atoms with van der Waals surface area (Å²) in [5.74, 6) is 0.430. The molecule has 2 atom stereocenters. The number of nitrogens with zero attached hydrogens (tertiary/aromatic N) is 3. The second-order valence-electron chi connectivity index (χ2n) is 11.6. The summed E-state index contributed by atoms with van der Waals surface area (Å²) in [5.41, 5.74) is 2.48. The molecule has 2 unspecified atom stereocenters. The van der Waals surface area contributed by atoms with Crippen LogP contribution < -0.4 is 14.8 Å². The molecule has 1 N–H and O–H groups in total. The summed E-state index contributed by atoms with van der Waals surface area (Å²) < 4.78 is 11.2. The Hall–Kier alpha value is -4.08. The van der Waals surface area contributed by atoms with Crippen LogP contribution in [0.25, 0.3) is 0 Å². The normalized spacial score (nSPS) is 20.6. The van der Waals surface area contributed by atoms with Crippen molar-refractivity contribution in [1.82, 2.24) is 20.0 Å². The standard InChI is InChI=1S/C34H46N4O6/c1-24(39)36-16-5-6-17-37-18-7-15-35-33(41)23-31(38(25(2)40)20-8-19-36)27-11-14-32(44-4)29(22-27)30(34(37)42)21-26-9-12-28(43-3)13-10-26/h9-14,22,30-31H,5-8,15-21,23H2,1-4H3,(H,35,41). The first-order valence-corrected chi connectivity index (χ1v) is 15.6. The van der Waals surface area contributed by atoms with Gasteiger partial charge in [0.25, 0.3) is 0 Å². The van der Waals surface area contributed by atoms with E-state index in [0.717, 1.165) is 35.3 Å². The highest BCUT2D eigenvalue weighted by molar-refractivity contribution is 5.85. The van der Waals surface area contributed by atoms with Gasteiger partial charge in [0.05, 0.1) is 32.6 Å². The van der Waals surface area contributed by atoms with Crippen LogP contribution in [0.2, 0.25) is 0 Å². The van der Waals surface area contributed by atoms with Crippen molar-refractivity contribution in [3.63, 3.8) is 0 Å². The highest BCUT2D eigenvalue weighted by Gasteiger charge is 2.32. The van der Waals surface area contributed by atoms with Crippen LogP contribution in [-0.4, -0.2) is 91.8 Å². The van der Waals surface area contributed by atoms with Crippen molar-refractivity contribution in [2.24, 2.45) is 0 Å². The Morgan fingerprint density at radius 1 is 0.841 bits per heavy atom. The number of nitrogens with one attached hydrogen (secondary N) is 1. The topological polar surface area (TPSA) is 108 Å². The van der Waals surface area contributed by atoms with Crippen LogP contribution in [0.15, 0.2) is 42.5 Å². The second-order valence-corrected chi connectivity index (χ2v) is 11.6. The minimum atomic E-state index is -0.559. The molecule has 0 spiro atoms. The lowest BCUT2D eigenvalue weighted by Crippen LogP contribution is -2.39. The van der Waals surface area contributed by atoms with E-state index >= 15 is 0 Å². The van der Waals surface area contributed by atoms with Crippen molar-refractivity contribution < 1.29 is 28.7 Å². The third kappa shape index (κ3) is 8.30. The van der Waals surface area contributed by atoms with Crippen molar-refractivity contribution >= 4 is 23.6 Å². The molecule has 2 aromatic rings. The van der Waals surface area contributed by atoms with E-state index in [0.29, 0.717) is 64.3 Å². The van der Waals surface area contributed by atoms with Crippen molar-refractivity contribution in [3.05, 3.63) is 59.2 Å². The number of hydrogen-bond acceptors (Lipinski definition) is 6. The average Bonchev–Trinajstić information content (AvgIpc) is 3.02. The van der Waals surface area contributed by atoms with Gasteiger partial charge in [0.1, 0.15) is 11.5 Å². The Balaban J connectivity index is 1.88. The van der Waals surface area contributed by atoms with E-state index in [1.807, 2.05) is 52.3 Å². The summed E-state index contributed by atoms with van der Waals surface area (Å²) in [7, 11) is 3.22. The first kappa shape index (κ1) is 32.8. The number of fused-ring (bicyclic) bond motifs is 2. The Morgan fingerprint density at radius 3 is 2.23 bits per heavy atom. The number of hydrogen-bond donors (Lipinski definition) is 1. The quantitative estimate of drug-likeness (QED) is 0.569. The zero-order valence-corrected chi connectivity index (χ0v) is 26.5. The van der Waals surface area contributed by atoms with Crippen molar-refractivity contribution in [2.45, 2.75) is 64.3 Å². The van der Waals surface area contributed by atoms with Crippen LogP contribution in [0.1, 0.15) is 74.6 Å². The monoisotopic (exact) mass is 606 g/mol. The highest BCUT2D eigenvalue weighted by Crippen LogP contribution is 2.36. The average molecular weight is 607 g/mol. The summed E-state index contributed by atoms with van der Waals surface area (Å²) in [4.78, 5) is 58.8.